The van der Waals surface area contributed by atoms with Crippen LogP contribution >= 0.6 is 0 Å². The molecule has 0 aliphatic rings. The minimum absolute atomic E-state index is 0.00219. The Morgan fingerprint density at radius 3 is 2.28 bits per heavy atom. The second-order valence-electron chi connectivity index (χ2n) is 6.74. The van der Waals surface area contributed by atoms with E-state index in [2.05, 4.69) is 20.9 Å². The fraction of sp³-hybridized carbons (Fsp3) is 0.238. The maximum absolute atomic E-state index is 12.8. The lowest BCUT2D eigenvalue weighted by Gasteiger charge is -2.09. The lowest BCUT2D eigenvalue weighted by molar-refractivity contribution is -0.114. The zero-order valence-electron chi connectivity index (χ0n) is 16.5. The largest absolute Gasteiger partial charge is 0.348 e. The van der Waals surface area contributed by atoms with Crippen LogP contribution in [0, 0.1) is 0 Å². The van der Waals surface area contributed by atoms with Crippen molar-refractivity contribution >= 4 is 34.6 Å². The van der Waals surface area contributed by atoms with Crippen LogP contribution in [0.1, 0.15) is 48.3 Å². The van der Waals surface area contributed by atoms with E-state index in [1.807, 2.05) is 13.8 Å². The number of nitrogens with zero attached hydrogens (tertiary/aromatic N) is 2. The quantitative estimate of drug-likeness (QED) is 0.598. The number of hydrogen-bond donors (Lipinski definition) is 3. The van der Waals surface area contributed by atoms with Crippen molar-refractivity contribution in [2.24, 2.45) is 0 Å². The van der Waals surface area contributed by atoms with Gasteiger partial charge in [-0.2, -0.15) is 0 Å². The Bertz CT molecular complexity index is 1060. The lowest BCUT2D eigenvalue weighted by atomic mass is 10.2. The Balaban J connectivity index is 1.86. The standard InChI is InChI=1S/C21H23N5O3/c1-4-13(2)22-20(28)18-17-7-5-6-12-26(17)19(25-18)21(29)24-16-10-8-15(9-11-16)23-14(3)27/h5-13H,4H2,1-3H3,(H,22,28)(H,23,27)(H,24,29). The first-order valence-corrected chi connectivity index (χ1v) is 9.36. The summed E-state index contributed by atoms with van der Waals surface area (Å²) in [5, 5.41) is 8.31. The first-order chi connectivity index (χ1) is 13.9. The van der Waals surface area contributed by atoms with E-state index in [1.165, 1.54) is 6.92 Å². The summed E-state index contributed by atoms with van der Waals surface area (Å²) in [4.78, 5) is 40.8. The Labute approximate surface area is 168 Å². The van der Waals surface area contributed by atoms with E-state index in [1.54, 1.807) is 53.1 Å². The maximum atomic E-state index is 12.8. The van der Waals surface area contributed by atoms with Gasteiger partial charge in [0, 0.05) is 30.5 Å². The van der Waals surface area contributed by atoms with E-state index >= 15 is 0 Å². The van der Waals surface area contributed by atoms with Crippen LogP contribution in [0.5, 0.6) is 0 Å². The molecule has 0 fully saturated rings. The highest BCUT2D eigenvalue weighted by Crippen LogP contribution is 2.17. The van der Waals surface area contributed by atoms with Gasteiger partial charge in [-0.05, 0) is 49.7 Å². The predicted octanol–water partition coefficient (Wildman–Crippen LogP) is 3.07. The maximum Gasteiger partial charge on any atom is 0.292 e. The molecule has 1 atom stereocenters. The van der Waals surface area contributed by atoms with Crippen LogP contribution in [0.2, 0.25) is 0 Å². The number of anilines is 2. The summed E-state index contributed by atoms with van der Waals surface area (Å²) < 4.78 is 1.59. The van der Waals surface area contributed by atoms with E-state index < -0.39 is 5.91 Å². The molecule has 0 spiro atoms. The number of hydrogen-bond acceptors (Lipinski definition) is 4. The van der Waals surface area contributed by atoms with Gasteiger partial charge in [-0.3, -0.25) is 18.8 Å². The normalized spacial score (nSPS) is 11.7. The molecule has 3 aromatic rings. The molecule has 0 saturated heterocycles. The molecule has 2 heterocycles. The minimum atomic E-state index is -0.443. The highest BCUT2D eigenvalue weighted by Gasteiger charge is 2.22. The molecule has 29 heavy (non-hydrogen) atoms. The Morgan fingerprint density at radius 2 is 1.66 bits per heavy atom. The molecule has 8 heteroatoms. The van der Waals surface area contributed by atoms with Crippen LogP contribution in [0.25, 0.3) is 5.52 Å². The van der Waals surface area contributed by atoms with Gasteiger partial charge in [0.05, 0.1) is 5.52 Å². The molecule has 0 radical (unpaired) electrons. The second-order valence-corrected chi connectivity index (χ2v) is 6.74. The van der Waals surface area contributed by atoms with Crippen LogP contribution in [0.4, 0.5) is 11.4 Å². The van der Waals surface area contributed by atoms with Gasteiger partial charge in [0.1, 0.15) is 0 Å². The number of nitrogens with one attached hydrogen (secondary N) is 3. The lowest BCUT2D eigenvalue weighted by Crippen LogP contribution is -2.32. The first-order valence-electron chi connectivity index (χ1n) is 9.36. The molecule has 8 nitrogen and oxygen atoms in total. The summed E-state index contributed by atoms with van der Waals surface area (Å²) >= 11 is 0. The summed E-state index contributed by atoms with van der Waals surface area (Å²) in [6, 6.07) is 12.0. The average Bonchev–Trinajstić information content (AvgIpc) is 3.09. The van der Waals surface area contributed by atoms with Crippen molar-refractivity contribution in [3.8, 4) is 0 Å². The van der Waals surface area contributed by atoms with E-state index in [9.17, 15) is 14.4 Å². The number of pyridine rings is 1. The molecule has 0 bridgehead atoms. The second kappa shape index (κ2) is 8.55. The number of fused-ring (bicyclic) bond motifs is 1. The van der Waals surface area contributed by atoms with Crippen molar-refractivity contribution in [1.82, 2.24) is 14.7 Å². The summed E-state index contributed by atoms with van der Waals surface area (Å²) in [7, 11) is 0. The smallest absolute Gasteiger partial charge is 0.292 e. The molecule has 3 N–H and O–H groups in total. The highest BCUT2D eigenvalue weighted by molar-refractivity contribution is 6.06. The Kier molecular flexibility index (Phi) is 5.92. The van der Waals surface area contributed by atoms with Crippen molar-refractivity contribution in [1.29, 1.82) is 0 Å². The van der Waals surface area contributed by atoms with Crippen molar-refractivity contribution in [3.63, 3.8) is 0 Å². The Hall–Kier alpha value is -3.68. The van der Waals surface area contributed by atoms with Gasteiger partial charge < -0.3 is 16.0 Å². The SMILES string of the molecule is CCC(C)NC(=O)c1nc(C(=O)Nc2ccc(NC(C)=O)cc2)n2ccccc12. The summed E-state index contributed by atoms with van der Waals surface area (Å²) in [5.74, 6) is -0.822. The Morgan fingerprint density at radius 1 is 1.00 bits per heavy atom. The van der Waals surface area contributed by atoms with Crippen molar-refractivity contribution in [2.75, 3.05) is 10.6 Å². The summed E-state index contributed by atoms with van der Waals surface area (Å²) in [5.41, 5.74) is 1.93. The first kappa shape index (κ1) is 20.1. The monoisotopic (exact) mass is 393 g/mol. The number of carbonyl (C=O) groups excluding carboxylic acids is 3. The van der Waals surface area contributed by atoms with E-state index in [4.69, 9.17) is 0 Å². The number of benzene rings is 1. The molecule has 1 unspecified atom stereocenters. The zero-order chi connectivity index (χ0) is 21.0. The molecule has 3 rings (SSSR count). The third kappa shape index (κ3) is 4.60. The van der Waals surface area contributed by atoms with Crippen LogP contribution in [0.3, 0.4) is 0 Å². The van der Waals surface area contributed by atoms with Crippen LogP contribution in [-0.2, 0) is 4.79 Å². The number of aromatic nitrogens is 2. The molecule has 1 aromatic carbocycles. The van der Waals surface area contributed by atoms with Gasteiger partial charge in [0.15, 0.2) is 5.69 Å². The van der Waals surface area contributed by atoms with E-state index in [0.29, 0.717) is 16.9 Å². The van der Waals surface area contributed by atoms with Gasteiger partial charge in [-0.1, -0.05) is 13.0 Å². The van der Waals surface area contributed by atoms with Crippen LogP contribution < -0.4 is 16.0 Å². The number of amides is 3. The number of carbonyl (C=O) groups is 3. The molecule has 0 aliphatic heterocycles. The summed E-state index contributed by atoms with van der Waals surface area (Å²) in [6.45, 7) is 5.31. The molecule has 0 saturated carbocycles. The predicted molar refractivity (Wildman–Crippen MR) is 111 cm³/mol. The van der Waals surface area contributed by atoms with E-state index in [0.717, 1.165) is 6.42 Å². The average molecular weight is 393 g/mol. The van der Waals surface area contributed by atoms with Crippen LogP contribution in [-0.4, -0.2) is 33.1 Å². The molecular weight excluding hydrogens is 370 g/mol. The molecule has 2 aromatic heterocycles. The third-order valence-corrected chi connectivity index (χ3v) is 4.42. The van der Waals surface area contributed by atoms with Crippen molar-refractivity contribution in [3.05, 3.63) is 60.2 Å². The molecule has 3 amide bonds. The number of imidazole rings is 1. The highest BCUT2D eigenvalue weighted by atomic mass is 16.2. The van der Waals surface area contributed by atoms with Gasteiger partial charge >= 0.3 is 0 Å². The third-order valence-electron chi connectivity index (χ3n) is 4.42. The van der Waals surface area contributed by atoms with Gasteiger partial charge in [-0.25, -0.2) is 4.98 Å². The fourth-order valence-corrected chi connectivity index (χ4v) is 2.79. The minimum Gasteiger partial charge on any atom is -0.348 e. The zero-order valence-corrected chi connectivity index (χ0v) is 16.5. The van der Waals surface area contributed by atoms with Crippen LogP contribution in [0.15, 0.2) is 48.7 Å². The topological polar surface area (TPSA) is 105 Å². The van der Waals surface area contributed by atoms with E-state index in [-0.39, 0.29) is 29.4 Å². The number of rotatable bonds is 6. The van der Waals surface area contributed by atoms with Gasteiger partial charge in [-0.15, -0.1) is 0 Å². The van der Waals surface area contributed by atoms with Crippen molar-refractivity contribution in [2.45, 2.75) is 33.2 Å². The molecule has 150 valence electrons. The van der Waals surface area contributed by atoms with Gasteiger partial charge in [0.2, 0.25) is 11.7 Å². The molecular formula is C21H23N5O3. The molecule has 0 aliphatic carbocycles. The van der Waals surface area contributed by atoms with Crippen molar-refractivity contribution < 1.29 is 14.4 Å². The van der Waals surface area contributed by atoms with Gasteiger partial charge in [0.25, 0.3) is 11.8 Å². The fourth-order valence-electron chi connectivity index (χ4n) is 2.79. The summed E-state index contributed by atoms with van der Waals surface area (Å²) in [6.07, 6.45) is 2.48.